The fraction of sp³-hybridized carbons (Fsp3) is 0.278. The van der Waals surface area contributed by atoms with Crippen molar-refractivity contribution in [3.63, 3.8) is 0 Å². The maximum absolute atomic E-state index is 12.5. The van der Waals surface area contributed by atoms with Gasteiger partial charge in [0, 0.05) is 5.69 Å². The Bertz CT molecular complexity index is 711. The number of amides is 1. The quantitative estimate of drug-likeness (QED) is 0.923. The number of anilines is 1. The zero-order valence-corrected chi connectivity index (χ0v) is 12.9. The summed E-state index contributed by atoms with van der Waals surface area (Å²) in [5.74, 6) is 1.07. The van der Waals surface area contributed by atoms with Gasteiger partial charge in [-0.25, -0.2) is 0 Å². The molecular formula is C18H19NO3. The summed E-state index contributed by atoms with van der Waals surface area (Å²) in [6.45, 7) is 5.83. The molecule has 0 aromatic heterocycles. The van der Waals surface area contributed by atoms with Gasteiger partial charge in [-0.15, -0.1) is 0 Å². The lowest BCUT2D eigenvalue weighted by atomic mass is 10.1. The normalized spacial score (nSPS) is 19.6. The van der Waals surface area contributed by atoms with E-state index in [1.54, 1.807) is 6.07 Å². The lowest BCUT2D eigenvalue weighted by Crippen LogP contribution is -2.46. The number of hydrogen-bond donors (Lipinski definition) is 1. The van der Waals surface area contributed by atoms with E-state index in [1.807, 2.05) is 57.2 Å². The highest BCUT2D eigenvalue weighted by Gasteiger charge is 2.34. The van der Waals surface area contributed by atoms with Crippen LogP contribution in [0.5, 0.6) is 11.5 Å². The van der Waals surface area contributed by atoms with Crippen LogP contribution in [0.3, 0.4) is 0 Å². The Morgan fingerprint density at radius 3 is 2.41 bits per heavy atom. The van der Waals surface area contributed by atoms with Gasteiger partial charge in [0.15, 0.2) is 11.5 Å². The van der Waals surface area contributed by atoms with Crippen LogP contribution in [0.25, 0.3) is 0 Å². The van der Waals surface area contributed by atoms with E-state index in [1.165, 1.54) is 0 Å². The van der Waals surface area contributed by atoms with Crippen LogP contribution in [-0.2, 0) is 4.79 Å². The number of hydrogen-bond acceptors (Lipinski definition) is 3. The van der Waals surface area contributed by atoms with E-state index in [4.69, 9.17) is 9.47 Å². The number of fused-ring (bicyclic) bond motifs is 1. The molecule has 4 heteroatoms. The van der Waals surface area contributed by atoms with Crippen molar-refractivity contribution in [2.45, 2.75) is 33.0 Å². The van der Waals surface area contributed by atoms with Gasteiger partial charge in [-0.2, -0.15) is 0 Å². The molecule has 2 aromatic rings. The molecule has 0 radical (unpaired) electrons. The Hall–Kier alpha value is -2.49. The Kier molecular flexibility index (Phi) is 3.75. The van der Waals surface area contributed by atoms with Gasteiger partial charge in [0.1, 0.15) is 6.10 Å². The number of ether oxygens (including phenoxy) is 2. The van der Waals surface area contributed by atoms with E-state index in [2.05, 4.69) is 5.32 Å². The standard InChI is InChI=1S/C18H19NO3/c1-11-8-9-14(12(2)10-11)19-18(20)17-13(3)21-15-6-4-5-7-16(15)22-17/h4-10,13,17H,1-3H3,(H,19,20)/t13-,17-/m1/s1. The molecule has 114 valence electrons. The predicted molar refractivity (Wildman–Crippen MR) is 85.5 cm³/mol. The number of carbonyl (C=O) groups excluding carboxylic acids is 1. The molecule has 1 N–H and O–H groups in total. The summed E-state index contributed by atoms with van der Waals surface area (Å²) in [5, 5.41) is 2.92. The molecule has 1 aliphatic rings. The lowest BCUT2D eigenvalue weighted by molar-refractivity contribution is -0.128. The summed E-state index contributed by atoms with van der Waals surface area (Å²) in [6.07, 6.45) is -1.02. The number of para-hydroxylation sites is 2. The van der Waals surface area contributed by atoms with Crippen molar-refractivity contribution in [2.24, 2.45) is 0 Å². The van der Waals surface area contributed by atoms with Gasteiger partial charge < -0.3 is 14.8 Å². The predicted octanol–water partition coefficient (Wildman–Crippen LogP) is 3.47. The number of carbonyl (C=O) groups is 1. The van der Waals surface area contributed by atoms with E-state index in [0.29, 0.717) is 11.5 Å². The van der Waals surface area contributed by atoms with Crippen LogP contribution in [0.15, 0.2) is 42.5 Å². The molecule has 0 bridgehead atoms. The van der Waals surface area contributed by atoms with Crippen LogP contribution in [0.2, 0.25) is 0 Å². The lowest BCUT2D eigenvalue weighted by Gasteiger charge is -2.31. The molecule has 4 nitrogen and oxygen atoms in total. The molecule has 1 heterocycles. The third kappa shape index (κ3) is 2.77. The Morgan fingerprint density at radius 2 is 1.73 bits per heavy atom. The third-order valence-corrected chi connectivity index (χ3v) is 3.74. The number of aryl methyl sites for hydroxylation is 2. The minimum Gasteiger partial charge on any atom is -0.482 e. The van der Waals surface area contributed by atoms with E-state index in [9.17, 15) is 4.79 Å². The molecule has 0 saturated carbocycles. The zero-order valence-electron chi connectivity index (χ0n) is 12.9. The van der Waals surface area contributed by atoms with Gasteiger partial charge in [-0.3, -0.25) is 4.79 Å². The van der Waals surface area contributed by atoms with Crippen molar-refractivity contribution in [3.05, 3.63) is 53.6 Å². The second kappa shape index (κ2) is 5.72. The average Bonchev–Trinajstić information content (AvgIpc) is 2.49. The molecule has 22 heavy (non-hydrogen) atoms. The maximum Gasteiger partial charge on any atom is 0.269 e. The molecule has 0 spiro atoms. The van der Waals surface area contributed by atoms with Crippen LogP contribution in [0.1, 0.15) is 18.1 Å². The fourth-order valence-corrected chi connectivity index (χ4v) is 2.56. The van der Waals surface area contributed by atoms with Gasteiger partial charge in [-0.1, -0.05) is 29.8 Å². The highest BCUT2D eigenvalue weighted by molar-refractivity contribution is 5.95. The molecule has 2 atom stereocenters. The van der Waals surface area contributed by atoms with Crippen molar-refractivity contribution in [1.82, 2.24) is 0 Å². The van der Waals surface area contributed by atoms with Crippen molar-refractivity contribution < 1.29 is 14.3 Å². The first-order valence-electron chi connectivity index (χ1n) is 7.35. The first-order chi connectivity index (χ1) is 10.5. The summed E-state index contributed by atoms with van der Waals surface area (Å²) in [5.41, 5.74) is 2.98. The SMILES string of the molecule is Cc1ccc(NC(=O)[C@@H]2Oc3ccccc3O[C@@H]2C)c(C)c1. The van der Waals surface area contributed by atoms with Gasteiger partial charge in [0.2, 0.25) is 6.10 Å². The second-order valence-corrected chi connectivity index (χ2v) is 5.62. The van der Waals surface area contributed by atoms with E-state index in [-0.39, 0.29) is 12.0 Å². The summed E-state index contributed by atoms with van der Waals surface area (Å²) in [7, 11) is 0. The van der Waals surface area contributed by atoms with Crippen molar-refractivity contribution in [1.29, 1.82) is 0 Å². The van der Waals surface area contributed by atoms with Crippen LogP contribution < -0.4 is 14.8 Å². The topological polar surface area (TPSA) is 47.6 Å². The molecule has 2 aromatic carbocycles. The second-order valence-electron chi connectivity index (χ2n) is 5.62. The molecule has 0 aliphatic carbocycles. The monoisotopic (exact) mass is 297 g/mol. The van der Waals surface area contributed by atoms with E-state index < -0.39 is 6.10 Å². The van der Waals surface area contributed by atoms with Gasteiger partial charge in [-0.05, 0) is 44.5 Å². The number of nitrogens with one attached hydrogen (secondary N) is 1. The third-order valence-electron chi connectivity index (χ3n) is 3.74. The minimum absolute atomic E-state index is 0.200. The summed E-state index contributed by atoms with van der Waals surface area (Å²) in [6, 6.07) is 13.3. The number of benzene rings is 2. The number of rotatable bonds is 2. The molecule has 1 aliphatic heterocycles. The van der Waals surface area contributed by atoms with Gasteiger partial charge >= 0.3 is 0 Å². The van der Waals surface area contributed by atoms with Gasteiger partial charge in [0.05, 0.1) is 0 Å². The highest BCUT2D eigenvalue weighted by Crippen LogP contribution is 2.33. The van der Waals surface area contributed by atoms with Gasteiger partial charge in [0.25, 0.3) is 5.91 Å². The Labute approximate surface area is 130 Å². The smallest absolute Gasteiger partial charge is 0.269 e. The van der Waals surface area contributed by atoms with Crippen LogP contribution in [-0.4, -0.2) is 18.1 Å². The Morgan fingerprint density at radius 1 is 1.05 bits per heavy atom. The molecular weight excluding hydrogens is 278 g/mol. The maximum atomic E-state index is 12.5. The van der Waals surface area contributed by atoms with Crippen LogP contribution in [0, 0.1) is 13.8 Å². The molecule has 0 saturated heterocycles. The zero-order chi connectivity index (χ0) is 15.7. The van der Waals surface area contributed by atoms with E-state index >= 15 is 0 Å². The molecule has 0 fully saturated rings. The summed E-state index contributed by atoms with van der Waals surface area (Å²) < 4.78 is 11.6. The highest BCUT2D eigenvalue weighted by atomic mass is 16.6. The van der Waals surface area contributed by atoms with E-state index in [0.717, 1.165) is 16.8 Å². The first-order valence-corrected chi connectivity index (χ1v) is 7.35. The first kappa shape index (κ1) is 14.4. The van der Waals surface area contributed by atoms with Crippen LogP contribution >= 0.6 is 0 Å². The van der Waals surface area contributed by atoms with Crippen LogP contribution in [0.4, 0.5) is 5.69 Å². The van der Waals surface area contributed by atoms with Crippen molar-refractivity contribution in [3.8, 4) is 11.5 Å². The fourth-order valence-electron chi connectivity index (χ4n) is 2.56. The largest absolute Gasteiger partial charge is 0.482 e. The average molecular weight is 297 g/mol. The summed E-state index contributed by atoms with van der Waals surface area (Å²) >= 11 is 0. The Balaban J connectivity index is 1.78. The van der Waals surface area contributed by atoms with Crippen molar-refractivity contribution in [2.75, 3.05) is 5.32 Å². The molecule has 1 amide bonds. The molecule has 0 unspecified atom stereocenters. The summed E-state index contributed by atoms with van der Waals surface area (Å²) in [4.78, 5) is 12.5. The van der Waals surface area contributed by atoms with Crippen molar-refractivity contribution >= 4 is 11.6 Å². The minimum atomic E-state index is -0.671. The molecule has 3 rings (SSSR count).